The molecule has 23 heavy (non-hydrogen) atoms. The first-order chi connectivity index (χ1) is 11.1. The average molecular weight is 311 g/mol. The number of aryl methyl sites for hydroxylation is 1. The lowest BCUT2D eigenvalue weighted by Crippen LogP contribution is -2.24. The van der Waals surface area contributed by atoms with Crippen LogP contribution >= 0.6 is 0 Å². The fourth-order valence-electron chi connectivity index (χ4n) is 2.05. The predicted octanol–water partition coefficient (Wildman–Crippen LogP) is 3.10. The summed E-state index contributed by atoms with van der Waals surface area (Å²) in [4.78, 5) is 11.6. The zero-order valence-electron chi connectivity index (χ0n) is 13.1. The SMILES string of the molecule is Cc1cc(N)c(N)cc1C=CCNC(=O)OCc1ccccc1. The lowest BCUT2D eigenvalue weighted by molar-refractivity contribution is 0.141. The van der Waals surface area contributed by atoms with Gasteiger partial charge in [-0.15, -0.1) is 0 Å². The van der Waals surface area contributed by atoms with Gasteiger partial charge in [-0.05, 0) is 35.7 Å². The smallest absolute Gasteiger partial charge is 0.407 e. The molecule has 0 aliphatic rings. The third-order valence-corrected chi connectivity index (χ3v) is 3.35. The first-order valence-electron chi connectivity index (χ1n) is 7.33. The molecule has 0 atom stereocenters. The molecule has 5 nitrogen and oxygen atoms in total. The van der Waals surface area contributed by atoms with E-state index in [4.69, 9.17) is 16.2 Å². The summed E-state index contributed by atoms with van der Waals surface area (Å²) in [6.07, 6.45) is 3.27. The number of nitrogens with one attached hydrogen (secondary N) is 1. The molecule has 1 amide bonds. The number of benzene rings is 2. The Morgan fingerprint density at radius 3 is 2.61 bits per heavy atom. The molecule has 0 heterocycles. The van der Waals surface area contributed by atoms with Gasteiger partial charge in [-0.1, -0.05) is 42.5 Å². The van der Waals surface area contributed by atoms with Crippen molar-refractivity contribution in [3.63, 3.8) is 0 Å². The van der Waals surface area contributed by atoms with E-state index in [1.807, 2.05) is 61.5 Å². The summed E-state index contributed by atoms with van der Waals surface area (Å²) in [5.41, 5.74) is 15.6. The summed E-state index contributed by atoms with van der Waals surface area (Å²) in [6.45, 7) is 2.58. The fourth-order valence-corrected chi connectivity index (χ4v) is 2.05. The molecule has 2 rings (SSSR count). The molecule has 0 aromatic heterocycles. The highest BCUT2D eigenvalue weighted by atomic mass is 16.5. The van der Waals surface area contributed by atoms with E-state index in [1.165, 1.54) is 0 Å². The fraction of sp³-hybridized carbons (Fsp3) is 0.167. The molecule has 5 N–H and O–H groups in total. The van der Waals surface area contributed by atoms with Crippen LogP contribution in [0.3, 0.4) is 0 Å². The molecule has 0 aliphatic heterocycles. The second kappa shape index (κ2) is 7.89. The van der Waals surface area contributed by atoms with E-state index >= 15 is 0 Å². The van der Waals surface area contributed by atoms with Gasteiger partial charge in [0.15, 0.2) is 0 Å². The van der Waals surface area contributed by atoms with Crippen LogP contribution in [0.4, 0.5) is 16.2 Å². The quantitative estimate of drug-likeness (QED) is 0.740. The molecule has 0 spiro atoms. The minimum absolute atomic E-state index is 0.254. The highest BCUT2D eigenvalue weighted by Crippen LogP contribution is 2.21. The van der Waals surface area contributed by atoms with Crippen LogP contribution in [0.15, 0.2) is 48.5 Å². The van der Waals surface area contributed by atoms with Gasteiger partial charge in [-0.2, -0.15) is 0 Å². The molecule has 0 radical (unpaired) electrons. The molecule has 0 unspecified atom stereocenters. The second-order valence-electron chi connectivity index (χ2n) is 5.18. The number of nitrogens with two attached hydrogens (primary N) is 2. The van der Waals surface area contributed by atoms with Crippen LogP contribution in [-0.4, -0.2) is 12.6 Å². The molecular weight excluding hydrogens is 290 g/mol. The third kappa shape index (κ3) is 5.07. The average Bonchev–Trinajstić information content (AvgIpc) is 2.55. The van der Waals surface area contributed by atoms with E-state index in [0.717, 1.165) is 16.7 Å². The van der Waals surface area contributed by atoms with Crippen molar-refractivity contribution >= 4 is 23.5 Å². The van der Waals surface area contributed by atoms with E-state index in [1.54, 1.807) is 0 Å². The Balaban J connectivity index is 1.78. The number of ether oxygens (including phenoxy) is 1. The largest absolute Gasteiger partial charge is 0.445 e. The molecule has 0 saturated carbocycles. The Hall–Kier alpha value is -2.95. The first-order valence-corrected chi connectivity index (χ1v) is 7.33. The number of rotatable bonds is 5. The molecule has 120 valence electrons. The predicted molar refractivity (Wildman–Crippen MR) is 93.7 cm³/mol. The van der Waals surface area contributed by atoms with Gasteiger partial charge in [0.25, 0.3) is 0 Å². The van der Waals surface area contributed by atoms with Crippen molar-refractivity contribution in [2.75, 3.05) is 18.0 Å². The molecule has 0 fully saturated rings. The van der Waals surface area contributed by atoms with E-state index < -0.39 is 6.09 Å². The first kappa shape index (κ1) is 16.4. The Morgan fingerprint density at radius 1 is 1.17 bits per heavy atom. The van der Waals surface area contributed by atoms with Crippen molar-refractivity contribution in [3.8, 4) is 0 Å². The molecule has 2 aromatic carbocycles. The normalized spacial score (nSPS) is 10.7. The maximum atomic E-state index is 11.6. The summed E-state index contributed by atoms with van der Waals surface area (Å²) in [5.74, 6) is 0. The number of hydrogen-bond acceptors (Lipinski definition) is 4. The zero-order chi connectivity index (χ0) is 16.7. The van der Waals surface area contributed by atoms with Crippen molar-refractivity contribution < 1.29 is 9.53 Å². The number of nitrogen functional groups attached to an aromatic ring is 2. The number of anilines is 2. The van der Waals surface area contributed by atoms with Crippen LogP contribution < -0.4 is 16.8 Å². The van der Waals surface area contributed by atoms with Crippen LogP contribution in [0.1, 0.15) is 16.7 Å². The van der Waals surface area contributed by atoms with Gasteiger partial charge in [-0.25, -0.2) is 4.79 Å². The summed E-state index contributed by atoms with van der Waals surface area (Å²) >= 11 is 0. The Labute approximate surface area is 135 Å². The van der Waals surface area contributed by atoms with Crippen LogP contribution in [0.25, 0.3) is 6.08 Å². The minimum Gasteiger partial charge on any atom is -0.445 e. The highest BCUT2D eigenvalue weighted by molar-refractivity contribution is 5.71. The van der Waals surface area contributed by atoms with Crippen LogP contribution in [-0.2, 0) is 11.3 Å². The van der Waals surface area contributed by atoms with Crippen LogP contribution in [0, 0.1) is 6.92 Å². The van der Waals surface area contributed by atoms with E-state index in [-0.39, 0.29) is 6.61 Å². The summed E-state index contributed by atoms with van der Waals surface area (Å²) < 4.78 is 5.12. The zero-order valence-corrected chi connectivity index (χ0v) is 13.1. The van der Waals surface area contributed by atoms with Crippen LogP contribution in [0.2, 0.25) is 0 Å². The van der Waals surface area contributed by atoms with Gasteiger partial charge in [0.2, 0.25) is 0 Å². The maximum absolute atomic E-state index is 11.6. The van der Waals surface area contributed by atoms with Crippen molar-refractivity contribution in [2.24, 2.45) is 0 Å². The highest BCUT2D eigenvalue weighted by Gasteiger charge is 2.01. The Morgan fingerprint density at radius 2 is 1.87 bits per heavy atom. The monoisotopic (exact) mass is 311 g/mol. The molecule has 5 heteroatoms. The molecule has 0 aliphatic carbocycles. The number of amides is 1. The summed E-state index contributed by atoms with van der Waals surface area (Å²) in [7, 11) is 0. The van der Waals surface area contributed by atoms with Crippen molar-refractivity contribution in [3.05, 3.63) is 65.2 Å². The second-order valence-corrected chi connectivity index (χ2v) is 5.18. The number of carbonyl (C=O) groups is 1. The molecule has 0 bridgehead atoms. The van der Waals surface area contributed by atoms with Crippen molar-refractivity contribution in [2.45, 2.75) is 13.5 Å². The van der Waals surface area contributed by atoms with Gasteiger partial charge < -0.3 is 21.5 Å². The Kier molecular flexibility index (Phi) is 5.63. The molecule has 0 saturated heterocycles. The minimum atomic E-state index is -0.452. The van der Waals surface area contributed by atoms with Crippen LogP contribution in [0.5, 0.6) is 0 Å². The topological polar surface area (TPSA) is 90.4 Å². The molecular formula is C18H21N3O2. The summed E-state index contributed by atoms with van der Waals surface area (Å²) in [5, 5.41) is 2.66. The van der Waals surface area contributed by atoms with Gasteiger partial charge in [-0.3, -0.25) is 0 Å². The summed E-state index contributed by atoms with van der Waals surface area (Å²) in [6, 6.07) is 13.2. The van der Waals surface area contributed by atoms with Gasteiger partial charge in [0.1, 0.15) is 6.61 Å². The maximum Gasteiger partial charge on any atom is 0.407 e. The number of hydrogen-bond donors (Lipinski definition) is 3. The Bertz CT molecular complexity index is 697. The van der Waals surface area contributed by atoms with E-state index in [2.05, 4.69) is 5.32 Å². The van der Waals surface area contributed by atoms with E-state index in [0.29, 0.717) is 17.9 Å². The number of alkyl carbamates (subject to hydrolysis) is 1. The van der Waals surface area contributed by atoms with Gasteiger partial charge in [0, 0.05) is 6.54 Å². The van der Waals surface area contributed by atoms with Gasteiger partial charge >= 0.3 is 6.09 Å². The van der Waals surface area contributed by atoms with E-state index in [9.17, 15) is 4.79 Å². The lowest BCUT2D eigenvalue weighted by atomic mass is 10.1. The van der Waals surface area contributed by atoms with Crippen molar-refractivity contribution in [1.82, 2.24) is 5.32 Å². The number of carbonyl (C=O) groups excluding carboxylic acids is 1. The lowest BCUT2D eigenvalue weighted by Gasteiger charge is -2.06. The van der Waals surface area contributed by atoms with Gasteiger partial charge in [0.05, 0.1) is 11.4 Å². The molecule has 2 aromatic rings. The van der Waals surface area contributed by atoms with Crippen molar-refractivity contribution in [1.29, 1.82) is 0 Å². The third-order valence-electron chi connectivity index (χ3n) is 3.35. The standard InChI is InChI=1S/C18H21N3O2/c1-13-10-16(19)17(20)11-15(13)8-5-9-21-18(22)23-12-14-6-3-2-4-7-14/h2-8,10-11H,9,12,19-20H2,1H3,(H,21,22).